The van der Waals surface area contributed by atoms with Gasteiger partial charge in [-0.25, -0.2) is 4.79 Å². The molecule has 1 heterocycles. The van der Waals surface area contributed by atoms with Crippen LogP contribution in [0.2, 0.25) is 0 Å². The molecule has 1 amide bonds. The van der Waals surface area contributed by atoms with Gasteiger partial charge in [0.1, 0.15) is 16.9 Å². The molecular weight excluding hydrogens is 320 g/mol. The van der Waals surface area contributed by atoms with Crippen LogP contribution in [0.15, 0.2) is 45.6 Å². The van der Waals surface area contributed by atoms with Crippen molar-refractivity contribution < 1.29 is 13.9 Å². The fourth-order valence-corrected chi connectivity index (χ4v) is 2.66. The fraction of sp³-hybridized carbons (Fsp3) is 0.263. The summed E-state index contributed by atoms with van der Waals surface area (Å²) in [4.78, 5) is 26.5. The summed E-state index contributed by atoms with van der Waals surface area (Å²) in [5, 5.41) is 5.14. The molecule has 0 atom stereocenters. The van der Waals surface area contributed by atoms with E-state index < -0.39 is 11.5 Å². The molecule has 0 bridgehead atoms. The number of carbonyl (C=O) groups is 1. The second kappa shape index (κ2) is 6.94. The summed E-state index contributed by atoms with van der Waals surface area (Å²) in [5.74, 6) is 0.304. The van der Waals surface area contributed by atoms with Gasteiger partial charge in [0.25, 0.3) is 5.91 Å². The molecule has 0 saturated carbocycles. The molecule has 6 heteroatoms. The molecule has 0 spiro atoms. The van der Waals surface area contributed by atoms with Gasteiger partial charge >= 0.3 is 5.63 Å². The van der Waals surface area contributed by atoms with Crippen molar-refractivity contribution in [2.45, 2.75) is 0 Å². The van der Waals surface area contributed by atoms with Crippen LogP contribution in [0.3, 0.4) is 0 Å². The number of likely N-dealkylation sites (N-methyl/N-ethyl adjacent to an activating group) is 1. The van der Waals surface area contributed by atoms with E-state index in [9.17, 15) is 9.59 Å². The van der Waals surface area contributed by atoms with Crippen molar-refractivity contribution >= 4 is 27.6 Å². The summed E-state index contributed by atoms with van der Waals surface area (Å²) in [6, 6.07) is 10.8. The maximum atomic E-state index is 12.3. The maximum absolute atomic E-state index is 12.3. The largest absolute Gasteiger partial charge is 0.497 e. The number of carbonyl (C=O) groups excluding carboxylic acids is 1. The molecule has 1 N–H and O–H groups in total. The van der Waals surface area contributed by atoms with Gasteiger partial charge in [0.15, 0.2) is 0 Å². The number of hydrogen-bond acceptors (Lipinski definition) is 5. The highest BCUT2D eigenvalue weighted by atomic mass is 16.5. The van der Waals surface area contributed by atoms with E-state index in [0.717, 1.165) is 16.5 Å². The Morgan fingerprint density at radius 2 is 1.92 bits per heavy atom. The van der Waals surface area contributed by atoms with Gasteiger partial charge in [-0.15, -0.1) is 0 Å². The van der Waals surface area contributed by atoms with Crippen LogP contribution >= 0.6 is 0 Å². The van der Waals surface area contributed by atoms with E-state index in [0.29, 0.717) is 24.1 Å². The monoisotopic (exact) mass is 340 g/mol. The molecule has 0 saturated heterocycles. The zero-order valence-corrected chi connectivity index (χ0v) is 14.5. The second-order valence-corrected chi connectivity index (χ2v) is 6.08. The number of hydrogen-bond donors (Lipinski definition) is 1. The Morgan fingerprint density at radius 3 is 2.64 bits per heavy atom. The van der Waals surface area contributed by atoms with Crippen molar-refractivity contribution in [2.24, 2.45) is 0 Å². The maximum Gasteiger partial charge on any atom is 0.349 e. The highest BCUT2D eigenvalue weighted by molar-refractivity contribution is 6.06. The Morgan fingerprint density at radius 1 is 1.16 bits per heavy atom. The van der Waals surface area contributed by atoms with E-state index in [1.54, 1.807) is 13.2 Å². The third kappa shape index (κ3) is 3.49. The van der Waals surface area contributed by atoms with Gasteiger partial charge < -0.3 is 19.4 Å². The van der Waals surface area contributed by atoms with Crippen molar-refractivity contribution in [2.75, 3.05) is 34.3 Å². The lowest BCUT2D eigenvalue weighted by Crippen LogP contribution is -2.33. The Hall–Kier alpha value is -2.86. The Bertz CT molecular complexity index is 992. The zero-order valence-electron chi connectivity index (χ0n) is 14.5. The number of methoxy groups -OCH3 is 1. The van der Waals surface area contributed by atoms with Crippen LogP contribution in [0, 0.1) is 0 Å². The van der Waals surface area contributed by atoms with E-state index >= 15 is 0 Å². The quantitative estimate of drug-likeness (QED) is 0.570. The minimum atomic E-state index is -0.641. The molecule has 130 valence electrons. The molecule has 3 rings (SSSR count). The lowest BCUT2D eigenvalue weighted by molar-refractivity contribution is 0.0947. The molecule has 0 fully saturated rings. The molecule has 0 aliphatic heterocycles. The van der Waals surface area contributed by atoms with Crippen LogP contribution in [0.4, 0.5) is 0 Å². The van der Waals surface area contributed by atoms with Crippen molar-refractivity contribution in [3.63, 3.8) is 0 Å². The van der Waals surface area contributed by atoms with Crippen molar-refractivity contribution in [3.05, 3.63) is 52.4 Å². The van der Waals surface area contributed by atoms with Crippen LogP contribution < -0.4 is 15.7 Å². The highest BCUT2D eigenvalue weighted by Crippen LogP contribution is 2.27. The number of ether oxygens (including phenoxy) is 1. The topological polar surface area (TPSA) is 71.8 Å². The third-order valence-corrected chi connectivity index (χ3v) is 4.01. The van der Waals surface area contributed by atoms with E-state index in [2.05, 4.69) is 5.32 Å². The summed E-state index contributed by atoms with van der Waals surface area (Å²) < 4.78 is 10.7. The molecule has 0 radical (unpaired) electrons. The first-order valence-corrected chi connectivity index (χ1v) is 7.97. The third-order valence-electron chi connectivity index (χ3n) is 4.01. The van der Waals surface area contributed by atoms with Crippen LogP contribution in [-0.4, -0.2) is 45.1 Å². The fourth-order valence-electron chi connectivity index (χ4n) is 2.66. The lowest BCUT2D eigenvalue weighted by Gasteiger charge is -2.10. The molecular formula is C19H20N2O4. The Kier molecular flexibility index (Phi) is 4.72. The molecule has 1 aromatic heterocycles. The smallest absolute Gasteiger partial charge is 0.349 e. The van der Waals surface area contributed by atoms with Crippen LogP contribution in [-0.2, 0) is 0 Å². The Balaban J connectivity index is 2.01. The molecule has 0 unspecified atom stereocenters. The van der Waals surface area contributed by atoms with Gasteiger partial charge in [-0.05, 0) is 43.7 Å². The number of benzene rings is 2. The van der Waals surface area contributed by atoms with Crippen molar-refractivity contribution in [1.29, 1.82) is 0 Å². The highest BCUT2D eigenvalue weighted by Gasteiger charge is 2.15. The average molecular weight is 340 g/mol. The van der Waals surface area contributed by atoms with Gasteiger partial charge in [0, 0.05) is 23.9 Å². The van der Waals surface area contributed by atoms with E-state index in [1.165, 1.54) is 0 Å². The van der Waals surface area contributed by atoms with Crippen LogP contribution in [0.5, 0.6) is 5.75 Å². The van der Waals surface area contributed by atoms with Crippen molar-refractivity contribution in [3.8, 4) is 5.75 Å². The van der Waals surface area contributed by atoms with E-state index in [-0.39, 0.29) is 5.56 Å². The molecule has 3 aromatic rings. The van der Waals surface area contributed by atoms with Gasteiger partial charge in [0.2, 0.25) is 0 Å². The summed E-state index contributed by atoms with van der Waals surface area (Å²) in [6.45, 7) is 1.15. The average Bonchev–Trinajstić information content (AvgIpc) is 2.60. The number of amides is 1. The minimum Gasteiger partial charge on any atom is -0.497 e. The first-order valence-electron chi connectivity index (χ1n) is 7.97. The summed E-state index contributed by atoms with van der Waals surface area (Å²) in [7, 11) is 5.43. The number of fused-ring (bicyclic) bond motifs is 3. The molecule has 25 heavy (non-hydrogen) atoms. The van der Waals surface area contributed by atoms with Gasteiger partial charge in [-0.2, -0.15) is 0 Å². The molecule has 0 aliphatic rings. The number of rotatable bonds is 5. The van der Waals surface area contributed by atoms with Gasteiger partial charge in [-0.3, -0.25) is 4.79 Å². The lowest BCUT2D eigenvalue weighted by atomic mass is 10.1. The van der Waals surface area contributed by atoms with E-state index in [1.807, 2.05) is 49.3 Å². The van der Waals surface area contributed by atoms with Gasteiger partial charge in [0.05, 0.1) is 7.11 Å². The standard InChI is InChI=1S/C19H20N2O4/c1-21(2)9-8-20-18(22)16-11-13-5-4-12-10-14(24-3)6-7-15(12)17(13)25-19(16)23/h4-7,10-11H,8-9H2,1-3H3,(H,20,22). The molecule has 6 nitrogen and oxygen atoms in total. The van der Waals surface area contributed by atoms with Crippen molar-refractivity contribution in [1.82, 2.24) is 10.2 Å². The normalized spacial score (nSPS) is 11.2. The predicted octanol–water partition coefficient (Wildman–Crippen LogP) is 2.25. The zero-order chi connectivity index (χ0) is 18.0. The first kappa shape index (κ1) is 17.0. The molecule has 2 aromatic carbocycles. The second-order valence-electron chi connectivity index (χ2n) is 6.08. The predicted molar refractivity (Wildman–Crippen MR) is 97.4 cm³/mol. The summed E-state index contributed by atoms with van der Waals surface area (Å²) in [6.07, 6.45) is 0. The minimum absolute atomic E-state index is 0.0131. The Labute approximate surface area is 145 Å². The number of nitrogens with one attached hydrogen (secondary N) is 1. The molecule has 0 aliphatic carbocycles. The van der Waals surface area contributed by atoms with E-state index in [4.69, 9.17) is 9.15 Å². The SMILES string of the molecule is COc1ccc2c(ccc3cc(C(=O)NCCN(C)C)c(=O)oc32)c1. The van der Waals surface area contributed by atoms with Gasteiger partial charge in [-0.1, -0.05) is 12.1 Å². The summed E-state index contributed by atoms with van der Waals surface area (Å²) >= 11 is 0. The first-order chi connectivity index (χ1) is 12.0. The summed E-state index contributed by atoms with van der Waals surface area (Å²) in [5.41, 5.74) is -0.160. The number of nitrogens with zero attached hydrogens (tertiary/aromatic N) is 1. The van der Waals surface area contributed by atoms with Crippen LogP contribution in [0.25, 0.3) is 21.7 Å². The van der Waals surface area contributed by atoms with Crippen LogP contribution in [0.1, 0.15) is 10.4 Å².